The molecule has 3 amide bonds. The lowest BCUT2D eigenvalue weighted by molar-refractivity contribution is -0.152. The van der Waals surface area contributed by atoms with Gasteiger partial charge in [0.05, 0.1) is 6.42 Å². The summed E-state index contributed by atoms with van der Waals surface area (Å²) >= 11 is 0. The highest BCUT2D eigenvalue weighted by Gasteiger charge is 2.26. The van der Waals surface area contributed by atoms with Gasteiger partial charge in [0.25, 0.3) is 11.8 Å². The molecule has 0 atom stereocenters. The van der Waals surface area contributed by atoms with Crippen LogP contribution < -0.4 is 11.1 Å². The molecule has 1 aromatic rings. The number of benzene rings is 1. The molecule has 1 saturated heterocycles. The van der Waals surface area contributed by atoms with Crippen LogP contribution >= 0.6 is 0 Å². The first-order valence-electron chi connectivity index (χ1n) is 10.2. The van der Waals surface area contributed by atoms with Crippen molar-refractivity contribution >= 4 is 23.7 Å². The van der Waals surface area contributed by atoms with E-state index in [0.29, 0.717) is 31.5 Å². The van der Waals surface area contributed by atoms with Crippen LogP contribution in [0.5, 0.6) is 0 Å². The van der Waals surface area contributed by atoms with E-state index < -0.39 is 5.97 Å². The summed E-state index contributed by atoms with van der Waals surface area (Å²) in [5, 5.41) is 2.68. The number of rotatable bonds is 7. The third kappa shape index (κ3) is 6.86. The van der Waals surface area contributed by atoms with Crippen LogP contribution in [0.2, 0.25) is 0 Å². The Morgan fingerprint density at radius 2 is 1.70 bits per heavy atom. The summed E-state index contributed by atoms with van der Waals surface area (Å²) in [6, 6.07) is 7.35. The molecule has 0 aromatic heterocycles. The van der Waals surface area contributed by atoms with Crippen molar-refractivity contribution in [2.24, 2.45) is 11.7 Å². The number of piperidine rings is 1. The monoisotopic (exact) mass is 417 g/mol. The van der Waals surface area contributed by atoms with Crippen molar-refractivity contribution in [2.75, 3.05) is 26.2 Å². The maximum atomic E-state index is 12.2. The van der Waals surface area contributed by atoms with E-state index in [2.05, 4.69) is 26.1 Å². The number of nitrogens with zero attached hydrogens (tertiary/aromatic N) is 1. The maximum absolute atomic E-state index is 12.2. The molecule has 0 radical (unpaired) electrons. The second-order valence-electron chi connectivity index (χ2n) is 8.55. The Hall–Kier alpha value is -2.90. The number of primary amides is 1. The van der Waals surface area contributed by atoms with Crippen LogP contribution in [0.25, 0.3) is 0 Å². The molecule has 164 valence electrons. The molecule has 8 nitrogen and oxygen atoms in total. The van der Waals surface area contributed by atoms with E-state index >= 15 is 0 Å². The lowest BCUT2D eigenvalue weighted by atomic mass is 9.87. The Balaban J connectivity index is 1.67. The smallest absolute Gasteiger partial charge is 0.308 e. The van der Waals surface area contributed by atoms with Gasteiger partial charge < -0.3 is 20.7 Å². The van der Waals surface area contributed by atoms with Crippen LogP contribution in [0.1, 0.15) is 56.0 Å². The van der Waals surface area contributed by atoms with Gasteiger partial charge in [0.1, 0.15) is 0 Å². The van der Waals surface area contributed by atoms with Gasteiger partial charge in [-0.2, -0.15) is 0 Å². The second kappa shape index (κ2) is 10.2. The number of nitrogens with two attached hydrogens (primary N) is 1. The lowest BCUT2D eigenvalue weighted by Gasteiger charge is -2.30. The molecule has 1 aliphatic rings. The first-order valence-corrected chi connectivity index (χ1v) is 10.2. The zero-order valence-corrected chi connectivity index (χ0v) is 17.9. The third-order valence-electron chi connectivity index (χ3n) is 5.23. The number of nitrogens with one attached hydrogen (secondary N) is 1. The first kappa shape index (κ1) is 23.4. The molecular weight excluding hydrogens is 386 g/mol. The molecule has 2 rings (SSSR count). The molecule has 3 N–H and O–H groups in total. The largest absolute Gasteiger partial charge is 0.456 e. The Kier molecular flexibility index (Phi) is 7.97. The minimum atomic E-state index is -0.557. The van der Waals surface area contributed by atoms with Gasteiger partial charge in [0, 0.05) is 31.1 Å². The van der Waals surface area contributed by atoms with E-state index in [0.717, 1.165) is 5.56 Å². The van der Waals surface area contributed by atoms with E-state index in [1.807, 2.05) is 12.1 Å². The highest BCUT2D eigenvalue weighted by atomic mass is 16.5. The average Bonchev–Trinajstić information content (AvgIpc) is 2.71. The Morgan fingerprint density at radius 1 is 1.10 bits per heavy atom. The van der Waals surface area contributed by atoms with Crippen molar-refractivity contribution in [3.63, 3.8) is 0 Å². The summed E-state index contributed by atoms with van der Waals surface area (Å²) in [6.45, 7) is 6.92. The van der Waals surface area contributed by atoms with Crippen molar-refractivity contribution < 1.29 is 23.9 Å². The molecule has 8 heteroatoms. The van der Waals surface area contributed by atoms with Crippen molar-refractivity contribution in [1.29, 1.82) is 0 Å². The highest BCUT2D eigenvalue weighted by Crippen LogP contribution is 2.22. The molecule has 0 bridgehead atoms. The molecule has 0 aliphatic carbocycles. The number of esters is 1. The maximum Gasteiger partial charge on any atom is 0.308 e. The van der Waals surface area contributed by atoms with Gasteiger partial charge >= 0.3 is 5.97 Å². The molecule has 0 spiro atoms. The summed E-state index contributed by atoms with van der Waals surface area (Å²) in [5.74, 6) is -1.67. The summed E-state index contributed by atoms with van der Waals surface area (Å²) < 4.78 is 5.00. The molecule has 1 fully saturated rings. The van der Waals surface area contributed by atoms with E-state index in [9.17, 15) is 19.2 Å². The van der Waals surface area contributed by atoms with E-state index in [1.165, 1.54) is 0 Å². The number of carbonyl (C=O) groups excluding carboxylic acids is 4. The minimum Gasteiger partial charge on any atom is -0.456 e. The van der Waals surface area contributed by atoms with E-state index in [-0.39, 0.29) is 48.6 Å². The molecule has 0 unspecified atom stereocenters. The zero-order chi connectivity index (χ0) is 22.3. The number of carbonyl (C=O) groups is 4. The predicted octanol–water partition coefficient (Wildman–Crippen LogP) is 1.37. The SMILES string of the molecule is CC(C)(C)c1ccc(C(=O)NCCC(=O)OCC(=O)N2CCC(C(N)=O)CC2)cc1. The number of hydrogen-bond donors (Lipinski definition) is 2. The molecule has 1 aromatic carbocycles. The van der Waals surface area contributed by atoms with Gasteiger partial charge in [-0.3, -0.25) is 19.2 Å². The van der Waals surface area contributed by atoms with Crippen LogP contribution in [0.15, 0.2) is 24.3 Å². The van der Waals surface area contributed by atoms with Gasteiger partial charge in [-0.1, -0.05) is 32.9 Å². The first-order chi connectivity index (χ1) is 14.1. The van der Waals surface area contributed by atoms with Gasteiger partial charge in [-0.05, 0) is 36.0 Å². The highest BCUT2D eigenvalue weighted by molar-refractivity contribution is 5.94. The molecule has 30 heavy (non-hydrogen) atoms. The van der Waals surface area contributed by atoms with Crippen molar-refractivity contribution in [1.82, 2.24) is 10.2 Å². The third-order valence-corrected chi connectivity index (χ3v) is 5.23. The number of ether oxygens (including phenoxy) is 1. The fourth-order valence-electron chi connectivity index (χ4n) is 3.22. The summed E-state index contributed by atoms with van der Waals surface area (Å²) in [7, 11) is 0. The van der Waals surface area contributed by atoms with Gasteiger partial charge in [-0.15, -0.1) is 0 Å². The van der Waals surface area contributed by atoms with Gasteiger partial charge in [0.2, 0.25) is 5.91 Å². The van der Waals surface area contributed by atoms with E-state index in [1.54, 1.807) is 17.0 Å². The van der Waals surface area contributed by atoms with Crippen LogP contribution in [0.4, 0.5) is 0 Å². The fourth-order valence-corrected chi connectivity index (χ4v) is 3.22. The molecular formula is C22H31N3O5. The quantitative estimate of drug-likeness (QED) is 0.650. The Morgan fingerprint density at radius 3 is 2.23 bits per heavy atom. The summed E-state index contributed by atoms with van der Waals surface area (Å²) in [4.78, 5) is 48.8. The van der Waals surface area contributed by atoms with E-state index in [4.69, 9.17) is 10.5 Å². The normalized spacial score (nSPS) is 14.8. The Labute approximate surface area is 177 Å². The van der Waals surface area contributed by atoms with Crippen molar-refractivity contribution in [3.05, 3.63) is 35.4 Å². The molecule has 0 saturated carbocycles. The predicted molar refractivity (Wildman–Crippen MR) is 112 cm³/mol. The van der Waals surface area contributed by atoms with Gasteiger partial charge in [-0.25, -0.2) is 0 Å². The molecule has 1 aliphatic heterocycles. The van der Waals surface area contributed by atoms with Crippen LogP contribution in [-0.4, -0.2) is 54.8 Å². The van der Waals surface area contributed by atoms with Gasteiger partial charge in [0.15, 0.2) is 6.61 Å². The van der Waals surface area contributed by atoms with Crippen LogP contribution in [-0.2, 0) is 24.5 Å². The van der Waals surface area contributed by atoms with Crippen LogP contribution in [0.3, 0.4) is 0 Å². The standard InChI is InChI=1S/C22H31N3O5/c1-22(2,3)17-6-4-16(5-7-17)21(29)24-11-8-19(27)30-14-18(26)25-12-9-15(10-13-25)20(23)28/h4-7,15H,8-14H2,1-3H3,(H2,23,28)(H,24,29). The summed E-state index contributed by atoms with van der Waals surface area (Å²) in [5.41, 5.74) is 6.93. The number of amides is 3. The fraction of sp³-hybridized carbons (Fsp3) is 0.545. The zero-order valence-electron chi connectivity index (χ0n) is 17.9. The number of hydrogen-bond acceptors (Lipinski definition) is 5. The average molecular weight is 418 g/mol. The minimum absolute atomic E-state index is 0.00788. The number of likely N-dealkylation sites (tertiary alicyclic amines) is 1. The summed E-state index contributed by atoms with van der Waals surface area (Å²) in [6.07, 6.45) is 1.03. The van der Waals surface area contributed by atoms with Crippen molar-refractivity contribution in [3.8, 4) is 0 Å². The second-order valence-corrected chi connectivity index (χ2v) is 8.55. The topological polar surface area (TPSA) is 119 Å². The Bertz CT molecular complexity index is 775. The molecule has 1 heterocycles. The lowest BCUT2D eigenvalue weighted by Crippen LogP contribution is -2.43. The van der Waals surface area contributed by atoms with Crippen LogP contribution in [0, 0.1) is 5.92 Å². The van der Waals surface area contributed by atoms with Crippen molar-refractivity contribution in [2.45, 2.75) is 45.4 Å².